The first-order valence-electron chi connectivity index (χ1n) is 9.42. The predicted octanol–water partition coefficient (Wildman–Crippen LogP) is 5.18. The van der Waals surface area contributed by atoms with Crippen molar-refractivity contribution < 1.29 is 13.6 Å². The van der Waals surface area contributed by atoms with Crippen LogP contribution >= 0.6 is 7.59 Å². The van der Waals surface area contributed by atoms with E-state index in [4.69, 9.17) is 18.7 Å². The van der Waals surface area contributed by atoms with Gasteiger partial charge in [-0.2, -0.15) is 0 Å². The van der Waals surface area contributed by atoms with Gasteiger partial charge in [0.05, 0.1) is 0 Å². The molecule has 2 aromatic carbocycles. The second kappa shape index (κ2) is 6.01. The van der Waals surface area contributed by atoms with Crippen molar-refractivity contribution in [1.29, 1.82) is 0 Å². The van der Waals surface area contributed by atoms with Gasteiger partial charge in [-0.15, -0.1) is 0 Å². The average molecular weight is 401 g/mol. The van der Waals surface area contributed by atoms with Gasteiger partial charge in [0.25, 0.3) is 0 Å². The summed E-state index contributed by atoms with van der Waals surface area (Å²) in [6.07, 6.45) is 0. The number of benzene rings is 2. The fraction of sp³-hybridized carbons (Fsp3) is 0.381. The molecular weight excluding hydrogens is 373 g/mol. The van der Waals surface area contributed by atoms with Gasteiger partial charge in [-0.1, -0.05) is 0 Å². The molecule has 2 aromatic rings. The Hall–Kier alpha value is -1.98. The second-order valence-corrected chi connectivity index (χ2v) is 11.7. The van der Waals surface area contributed by atoms with Crippen molar-refractivity contribution in [2.75, 3.05) is 18.9 Å². The summed E-state index contributed by atoms with van der Waals surface area (Å²) < 4.78 is 24.0. The molecule has 2 aliphatic rings. The van der Waals surface area contributed by atoms with Gasteiger partial charge in [-0.25, -0.2) is 0 Å². The van der Waals surface area contributed by atoms with Gasteiger partial charge in [0.15, 0.2) is 0 Å². The van der Waals surface area contributed by atoms with E-state index in [0.29, 0.717) is 5.90 Å². The number of rotatable bonds is 3. The molecule has 4 rings (SSSR count). The predicted molar refractivity (Wildman–Crippen MR) is 114 cm³/mol. The second-order valence-electron chi connectivity index (χ2n) is 8.34. The zero-order valence-electron chi connectivity index (χ0n) is 17.3. The minimum absolute atomic E-state index is 0.490. The van der Waals surface area contributed by atoms with E-state index in [-0.39, 0.29) is 0 Å². The van der Waals surface area contributed by atoms with Crippen molar-refractivity contribution in [3.05, 3.63) is 66.2 Å². The Labute approximate surface area is 167 Å². The van der Waals surface area contributed by atoms with Crippen molar-refractivity contribution in [3.8, 4) is 0 Å². The number of nitrogens with zero attached hydrogens (tertiary/aromatic N) is 3. The summed E-state index contributed by atoms with van der Waals surface area (Å²) in [7, 11) is -0.179. The van der Waals surface area contributed by atoms with E-state index in [9.17, 15) is 0 Å². The zero-order chi connectivity index (χ0) is 20.2. The Balaban J connectivity index is 1.95. The molecular formula is C21H28N3O3P. The van der Waals surface area contributed by atoms with Gasteiger partial charge in [-0.05, 0) is 0 Å². The molecule has 2 aliphatic heterocycles. The molecule has 1 fully saturated rings. The maximum atomic E-state index is 6.80. The Bertz CT molecular complexity index is 897. The van der Waals surface area contributed by atoms with Gasteiger partial charge >= 0.3 is 167 Å². The van der Waals surface area contributed by atoms with Crippen LogP contribution in [0.1, 0.15) is 33.3 Å². The topological polar surface area (TPSA) is 46.5 Å². The van der Waals surface area contributed by atoms with E-state index < -0.39 is 18.8 Å². The molecule has 0 aromatic heterocycles. The van der Waals surface area contributed by atoms with Crippen LogP contribution < -0.4 is 4.78 Å². The molecule has 0 amide bonds. The van der Waals surface area contributed by atoms with Crippen LogP contribution in [0.25, 0.3) is 0 Å². The van der Waals surface area contributed by atoms with E-state index in [1.165, 1.54) is 0 Å². The molecule has 0 aliphatic carbocycles. The van der Waals surface area contributed by atoms with Gasteiger partial charge in [0.2, 0.25) is 0 Å². The molecule has 28 heavy (non-hydrogen) atoms. The molecule has 0 N–H and O–H groups in total. The van der Waals surface area contributed by atoms with E-state index in [1.54, 1.807) is 0 Å². The first-order valence-corrected chi connectivity index (χ1v) is 11.3. The molecule has 0 bridgehead atoms. The number of anilines is 1. The molecule has 7 heteroatoms. The van der Waals surface area contributed by atoms with E-state index in [1.807, 2.05) is 112 Å². The van der Waals surface area contributed by atoms with Crippen LogP contribution in [0.4, 0.5) is 5.69 Å². The fourth-order valence-electron chi connectivity index (χ4n) is 3.42. The van der Waals surface area contributed by atoms with Crippen molar-refractivity contribution in [2.45, 2.75) is 38.9 Å². The first-order chi connectivity index (χ1) is 13.1. The summed E-state index contributed by atoms with van der Waals surface area (Å²) in [5.74, 6) is 0.490. The third-order valence-electron chi connectivity index (χ3n) is 5.64. The molecule has 0 saturated carbocycles. The molecule has 0 unspecified atom stereocenters. The first kappa shape index (κ1) is 19.3. The van der Waals surface area contributed by atoms with E-state index in [0.717, 1.165) is 11.3 Å². The summed E-state index contributed by atoms with van der Waals surface area (Å²) >= 11 is 0. The third kappa shape index (κ3) is 2.52. The molecule has 0 atom stereocenters. The zero-order valence-corrected chi connectivity index (χ0v) is 18.2. The third-order valence-corrected chi connectivity index (χ3v) is 9.95. The summed E-state index contributed by atoms with van der Waals surface area (Å²) in [4.78, 5) is 0. The van der Waals surface area contributed by atoms with Crippen LogP contribution in [0, 0.1) is 0 Å². The van der Waals surface area contributed by atoms with Gasteiger partial charge in [0.1, 0.15) is 0 Å². The molecule has 6 nitrogen and oxygen atoms in total. The molecule has 0 radical (unpaired) electrons. The standard InChI is InChI=1S/C21H28N3O3P/c1-20(2)21(3,4)27-28(26-20,23(5)6)24(18-15-11-8-12-16-18)22-19(25-28)17-13-9-7-10-14-17/h7-16H,1-6H3. The Morgan fingerprint density at radius 2 is 1.32 bits per heavy atom. The van der Waals surface area contributed by atoms with Gasteiger partial charge < -0.3 is 0 Å². The van der Waals surface area contributed by atoms with Crippen LogP contribution in [0.15, 0.2) is 65.8 Å². The monoisotopic (exact) mass is 401 g/mol. The summed E-state index contributed by atoms with van der Waals surface area (Å²) in [6, 6.07) is 19.7. The summed E-state index contributed by atoms with van der Waals surface area (Å²) in [5.41, 5.74) is 0.544. The molecule has 150 valence electrons. The van der Waals surface area contributed by atoms with Crippen molar-refractivity contribution in [2.24, 2.45) is 5.10 Å². The maximum absolute atomic E-state index is 6.80. The van der Waals surface area contributed by atoms with Crippen LogP contribution in [0.5, 0.6) is 0 Å². The summed E-state index contributed by atoms with van der Waals surface area (Å²) in [5, 5.41) is 4.88. The van der Waals surface area contributed by atoms with Gasteiger partial charge in [0, 0.05) is 0 Å². The average Bonchev–Trinajstić information content (AvgIpc) is 3.06. The number of para-hydroxylation sites is 1. The molecule has 1 saturated heterocycles. The number of hydrazone groups is 1. The SMILES string of the molecule is CN(C)P12(OC(c3ccccc3)=NN1c1ccccc1)OC(C)(C)C(C)(C)O2. The number of hydrogen-bond acceptors (Lipinski definition) is 6. The number of hydrogen-bond donors (Lipinski definition) is 0. The molecule has 2 heterocycles. The Morgan fingerprint density at radius 1 is 0.821 bits per heavy atom. The van der Waals surface area contributed by atoms with E-state index in [2.05, 4.69) is 0 Å². The van der Waals surface area contributed by atoms with E-state index >= 15 is 0 Å². The van der Waals surface area contributed by atoms with Crippen molar-refractivity contribution in [3.63, 3.8) is 0 Å². The fourth-order valence-corrected chi connectivity index (χ4v) is 7.78. The van der Waals surface area contributed by atoms with Crippen LogP contribution in [-0.2, 0) is 13.6 Å². The molecule has 1 spiro atoms. The van der Waals surface area contributed by atoms with Crippen LogP contribution in [0.2, 0.25) is 0 Å². The normalized spacial score (nSPS) is 25.2. The summed E-state index contributed by atoms with van der Waals surface area (Å²) in [6.45, 7) is 8.13. The van der Waals surface area contributed by atoms with Crippen molar-refractivity contribution >= 4 is 19.2 Å². The Morgan fingerprint density at radius 3 is 1.82 bits per heavy atom. The van der Waals surface area contributed by atoms with Crippen molar-refractivity contribution in [1.82, 2.24) is 4.67 Å². The minimum atomic E-state index is -4.03. The van der Waals surface area contributed by atoms with Crippen LogP contribution in [-0.4, -0.2) is 35.9 Å². The Kier molecular flexibility index (Phi) is 4.15. The quantitative estimate of drug-likeness (QED) is 0.664. The van der Waals surface area contributed by atoms with Crippen LogP contribution in [0.3, 0.4) is 0 Å². The van der Waals surface area contributed by atoms with Gasteiger partial charge in [-0.3, -0.25) is 0 Å².